The zero-order chi connectivity index (χ0) is 11.6. The first kappa shape index (κ1) is 12.4. The Kier molecular flexibility index (Phi) is 3.91. The summed E-state index contributed by atoms with van der Waals surface area (Å²) in [6.07, 6.45) is 7.07. The van der Waals surface area contributed by atoms with E-state index in [-0.39, 0.29) is 0 Å². The predicted molar refractivity (Wildman–Crippen MR) is 69.7 cm³/mol. The van der Waals surface area contributed by atoms with Gasteiger partial charge >= 0.3 is 0 Å². The third-order valence-electron chi connectivity index (χ3n) is 4.82. The highest BCUT2D eigenvalue weighted by atomic mass is 15.2. The molecule has 0 aromatic rings. The van der Waals surface area contributed by atoms with Crippen LogP contribution in [0.3, 0.4) is 0 Å². The molecule has 0 amide bonds. The normalized spacial score (nSPS) is 35.4. The van der Waals surface area contributed by atoms with Gasteiger partial charge in [0, 0.05) is 24.7 Å². The molecule has 2 nitrogen and oxygen atoms in total. The van der Waals surface area contributed by atoms with E-state index in [9.17, 15) is 0 Å². The average Bonchev–Trinajstić information content (AvgIpc) is 2.70. The van der Waals surface area contributed by atoms with Gasteiger partial charge in [-0.25, -0.2) is 0 Å². The van der Waals surface area contributed by atoms with Crippen LogP contribution in [0.1, 0.15) is 52.9 Å². The molecule has 0 aromatic heterocycles. The Labute approximate surface area is 101 Å². The second-order valence-corrected chi connectivity index (χ2v) is 6.08. The first-order valence-corrected chi connectivity index (χ1v) is 7.14. The van der Waals surface area contributed by atoms with Crippen molar-refractivity contribution in [3.05, 3.63) is 0 Å². The van der Waals surface area contributed by atoms with E-state index in [4.69, 9.17) is 0 Å². The van der Waals surface area contributed by atoms with Crippen molar-refractivity contribution < 1.29 is 0 Å². The van der Waals surface area contributed by atoms with E-state index in [2.05, 4.69) is 31.0 Å². The van der Waals surface area contributed by atoms with Crippen LogP contribution >= 0.6 is 0 Å². The minimum atomic E-state index is 0.533. The first-order chi connectivity index (χ1) is 7.65. The van der Waals surface area contributed by atoms with Gasteiger partial charge in [-0.3, -0.25) is 4.90 Å². The van der Waals surface area contributed by atoms with Crippen LogP contribution in [0, 0.1) is 5.92 Å². The Balaban J connectivity index is 1.91. The van der Waals surface area contributed by atoms with Gasteiger partial charge in [-0.05, 0) is 38.6 Å². The third-order valence-corrected chi connectivity index (χ3v) is 4.82. The van der Waals surface area contributed by atoms with Crippen molar-refractivity contribution in [2.45, 2.75) is 64.5 Å². The molecule has 1 saturated carbocycles. The van der Waals surface area contributed by atoms with Crippen molar-refractivity contribution in [3.63, 3.8) is 0 Å². The smallest absolute Gasteiger partial charge is 0.0181 e. The van der Waals surface area contributed by atoms with Crippen molar-refractivity contribution in [1.29, 1.82) is 0 Å². The molecule has 2 aliphatic rings. The Hall–Kier alpha value is -0.0800. The highest BCUT2D eigenvalue weighted by Crippen LogP contribution is 2.37. The van der Waals surface area contributed by atoms with Gasteiger partial charge in [-0.1, -0.05) is 26.7 Å². The Morgan fingerprint density at radius 3 is 2.56 bits per heavy atom. The van der Waals surface area contributed by atoms with Crippen molar-refractivity contribution in [2.24, 2.45) is 5.92 Å². The average molecular weight is 224 g/mol. The topological polar surface area (TPSA) is 15.3 Å². The van der Waals surface area contributed by atoms with Crippen LogP contribution < -0.4 is 5.32 Å². The van der Waals surface area contributed by atoms with E-state index in [0.29, 0.717) is 5.54 Å². The van der Waals surface area contributed by atoms with Gasteiger partial charge in [0.25, 0.3) is 0 Å². The second kappa shape index (κ2) is 5.05. The van der Waals surface area contributed by atoms with E-state index in [0.717, 1.165) is 18.5 Å². The van der Waals surface area contributed by atoms with Crippen LogP contribution in [0.2, 0.25) is 0 Å². The van der Waals surface area contributed by atoms with Crippen LogP contribution in [0.5, 0.6) is 0 Å². The fourth-order valence-electron chi connectivity index (χ4n) is 3.65. The number of likely N-dealkylation sites (tertiary alicyclic amines) is 1. The summed E-state index contributed by atoms with van der Waals surface area (Å²) in [5.74, 6) is 0.811. The minimum absolute atomic E-state index is 0.533. The lowest BCUT2D eigenvalue weighted by Gasteiger charge is -2.46. The highest BCUT2D eigenvalue weighted by molar-refractivity contribution is 4.95. The second-order valence-electron chi connectivity index (χ2n) is 6.08. The number of piperidine rings is 1. The molecule has 1 saturated heterocycles. The molecule has 2 heteroatoms. The molecule has 2 atom stereocenters. The predicted octanol–water partition coefficient (Wildman–Crippen LogP) is 2.64. The highest BCUT2D eigenvalue weighted by Gasteiger charge is 2.38. The Bertz CT molecular complexity index is 221. The standard InChI is InChI=1S/C14H28N2/c1-4-15-13-7-10-16(11-12(13)2)14(3)8-5-6-9-14/h12-13,15H,4-11H2,1-3H3. The summed E-state index contributed by atoms with van der Waals surface area (Å²) in [5.41, 5.74) is 0.533. The largest absolute Gasteiger partial charge is 0.314 e. The summed E-state index contributed by atoms with van der Waals surface area (Å²) in [6, 6.07) is 0.756. The summed E-state index contributed by atoms with van der Waals surface area (Å²) < 4.78 is 0. The van der Waals surface area contributed by atoms with E-state index in [1.807, 2.05) is 0 Å². The van der Waals surface area contributed by atoms with Gasteiger partial charge in [0.15, 0.2) is 0 Å². The maximum absolute atomic E-state index is 3.63. The summed E-state index contributed by atoms with van der Waals surface area (Å²) in [7, 11) is 0. The number of hydrogen-bond acceptors (Lipinski definition) is 2. The van der Waals surface area contributed by atoms with E-state index in [1.54, 1.807) is 0 Å². The van der Waals surface area contributed by atoms with Crippen LogP contribution in [0.4, 0.5) is 0 Å². The van der Waals surface area contributed by atoms with Crippen molar-refractivity contribution in [1.82, 2.24) is 10.2 Å². The lowest BCUT2D eigenvalue weighted by atomic mass is 9.88. The summed E-state index contributed by atoms with van der Waals surface area (Å²) in [6.45, 7) is 10.8. The summed E-state index contributed by atoms with van der Waals surface area (Å²) >= 11 is 0. The van der Waals surface area contributed by atoms with Gasteiger partial charge in [0.2, 0.25) is 0 Å². The molecule has 0 radical (unpaired) electrons. The number of nitrogens with one attached hydrogen (secondary N) is 1. The minimum Gasteiger partial charge on any atom is -0.314 e. The van der Waals surface area contributed by atoms with Gasteiger partial charge in [-0.15, -0.1) is 0 Å². The summed E-state index contributed by atoms with van der Waals surface area (Å²) in [5, 5.41) is 3.63. The maximum Gasteiger partial charge on any atom is 0.0181 e. The van der Waals surface area contributed by atoms with E-state index in [1.165, 1.54) is 45.2 Å². The summed E-state index contributed by atoms with van der Waals surface area (Å²) in [4.78, 5) is 2.78. The quantitative estimate of drug-likeness (QED) is 0.793. The van der Waals surface area contributed by atoms with E-state index < -0.39 is 0 Å². The number of nitrogens with zero attached hydrogens (tertiary/aromatic N) is 1. The van der Waals surface area contributed by atoms with Gasteiger partial charge in [0.05, 0.1) is 0 Å². The third kappa shape index (κ3) is 2.43. The van der Waals surface area contributed by atoms with Crippen molar-refractivity contribution >= 4 is 0 Å². The molecular formula is C14H28N2. The number of hydrogen-bond donors (Lipinski definition) is 1. The molecule has 1 aliphatic carbocycles. The molecule has 2 rings (SSSR count). The Morgan fingerprint density at radius 2 is 2.00 bits per heavy atom. The molecule has 1 N–H and O–H groups in total. The first-order valence-electron chi connectivity index (χ1n) is 7.14. The van der Waals surface area contributed by atoms with Crippen LogP contribution in [0.15, 0.2) is 0 Å². The molecule has 0 aromatic carbocycles. The van der Waals surface area contributed by atoms with Crippen LogP contribution in [-0.2, 0) is 0 Å². The van der Waals surface area contributed by atoms with Gasteiger partial charge in [-0.2, -0.15) is 0 Å². The fraction of sp³-hybridized carbons (Fsp3) is 1.00. The van der Waals surface area contributed by atoms with Gasteiger partial charge < -0.3 is 5.32 Å². The van der Waals surface area contributed by atoms with Crippen LogP contribution in [-0.4, -0.2) is 36.1 Å². The fourth-order valence-corrected chi connectivity index (χ4v) is 3.65. The van der Waals surface area contributed by atoms with Gasteiger partial charge in [0.1, 0.15) is 0 Å². The zero-order valence-corrected chi connectivity index (χ0v) is 11.3. The molecule has 94 valence electrons. The monoisotopic (exact) mass is 224 g/mol. The van der Waals surface area contributed by atoms with Crippen LogP contribution in [0.25, 0.3) is 0 Å². The molecule has 2 unspecified atom stereocenters. The molecular weight excluding hydrogens is 196 g/mol. The molecule has 0 bridgehead atoms. The zero-order valence-electron chi connectivity index (χ0n) is 11.3. The molecule has 1 aliphatic heterocycles. The number of rotatable bonds is 3. The Morgan fingerprint density at radius 1 is 1.31 bits per heavy atom. The van der Waals surface area contributed by atoms with E-state index >= 15 is 0 Å². The molecule has 2 fully saturated rings. The van der Waals surface area contributed by atoms with Crippen molar-refractivity contribution in [2.75, 3.05) is 19.6 Å². The lowest BCUT2D eigenvalue weighted by molar-refractivity contribution is 0.0475. The SMILES string of the molecule is CCNC1CCN(C2(C)CCCC2)CC1C. The molecule has 0 spiro atoms. The maximum atomic E-state index is 3.63. The molecule has 16 heavy (non-hydrogen) atoms. The van der Waals surface area contributed by atoms with Crippen molar-refractivity contribution in [3.8, 4) is 0 Å². The molecule has 1 heterocycles. The lowest BCUT2D eigenvalue weighted by Crippen LogP contribution is -2.55.